The maximum atomic E-state index is 13.2. The van der Waals surface area contributed by atoms with Crippen LogP contribution < -0.4 is 0 Å². The van der Waals surface area contributed by atoms with Crippen LogP contribution >= 0.6 is 11.3 Å². The molecule has 0 saturated carbocycles. The minimum Gasteiger partial charge on any atom is -0.388 e. The number of rotatable bonds is 5. The van der Waals surface area contributed by atoms with Crippen LogP contribution in [0.3, 0.4) is 0 Å². The van der Waals surface area contributed by atoms with Crippen LogP contribution in [0.25, 0.3) is 10.1 Å². The van der Waals surface area contributed by atoms with Crippen LogP contribution in [0.2, 0.25) is 0 Å². The van der Waals surface area contributed by atoms with Gasteiger partial charge in [-0.1, -0.05) is 6.07 Å². The number of fused-ring (bicyclic) bond motifs is 1. The molecule has 3 rings (SSSR count). The second-order valence-electron chi connectivity index (χ2n) is 5.41. The van der Waals surface area contributed by atoms with Crippen molar-refractivity contribution in [3.8, 4) is 0 Å². The molecule has 1 aromatic heterocycles. The molecular formula is C16H19FO2S. The molecule has 2 atom stereocenters. The van der Waals surface area contributed by atoms with Gasteiger partial charge in [-0.25, -0.2) is 4.39 Å². The number of halogens is 1. The number of thiophene rings is 1. The Labute approximate surface area is 122 Å². The molecule has 108 valence electrons. The molecular weight excluding hydrogens is 275 g/mol. The average molecular weight is 294 g/mol. The monoisotopic (exact) mass is 294 g/mol. The van der Waals surface area contributed by atoms with Gasteiger partial charge in [-0.2, -0.15) is 0 Å². The van der Waals surface area contributed by atoms with Gasteiger partial charge in [0.2, 0.25) is 0 Å². The summed E-state index contributed by atoms with van der Waals surface area (Å²) < 4.78 is 19.6. The van der Waals surface area contributed by atoms with E-state index < -0.39 is 6.10 Å². The number of hydrogen-bond donors (Lipinski definition) is 1. The number of hydrogen-bond acceptors (Lipinski definition) is 3. The van der Waals surface area contributed by atoms with Gasteiger partial charge in [0.15, 0.2) is 0 Å². The number of ether oxygens (including phenoxy) is 1. The first-order valence-corrected chi connectivity index (χ1v) is 8.03. The van der Waals surface area contributed by atoms with Crippen LogP contribution in [0.4, 0.5) is 4.39 Å². The smallest absolute Gasteiger partial charge is 0.124 e. The topological polar surface area (TPSA) is 29.5 Å². The first kappa shape index (κ1) is 14.0. The quantitative estimate of drug-likeness (QED) is 0.884. The summed E-state index contributed by atoms with van der Waals surface area (Å²) in [6.45, 7) is 0.884. The minimum absolute atomic E-state index is 0.223. The van der Waals surface area contributed by atoms with Crippen LogP contribution in [0.5, 0.6) is 0 Å². The van der Waals surface area contributed by atoms with Crippen LogP contribution in [0.1, 0.15) is 43.1 Å². The summed E-state index contributed by atoms with van der Waals surface area (Å²) in [4.78, 5) is 0.929. The Balaban J connectivity index is 1.58. The molecule has 0 bridgehead atoms. The van der Waals surface area contributed by atoms with Crippen LogP contribution in [-0.2, 0) is 4.74 Å². The molecule has 1 fully saturated rings. The van der Waals surface area contributed by atoms with Gasteiger partial charge in [0.25, 0.3) is 0 Å². The van der Waals surface area contributed by atoms with E-state index in [9.17, 15) is 9.50 Å². The van der Waals surface area contributed by atoms with Crippen molar-refractivity contribution in [1.82, 2.24) is 0 Å². The average Bonchev–Trinajstić information content (AvgIpc) is 3.06. The van der Waals surface area contributed by atoms with E-state index in [1.165, 1.54) is 23.5 Å². The molecule has 2 unspecified atom stereocenters. The lowest BCUT2D eigenvalue weighted by molar-refractivity contribution is 0.0949. The van der Waals surface area contributed by atoms with Gasteiger partial charge in [-0.05, 0) is 55.7 Å². The van der Waals surface area contributed by atoms with E-state index in [1.54, 1.807) is 6.07 Å². The lowest BCUT2D eigenvalue weighted by atomic mass is 10.1. The highest BCUT2D eigenvalue weighted by Gasteiger charge is 2.17. The summed E-state index contributed by atoms with van der Waals surface area (Å²) in [6.07, 6.45) is 4.99. The van der Waals surface area contributed by atoms with E-state index >= 15 is 0 Å². The third-order valence-electron chi connectivity index (χ3n) is 3.86. The largest absolute Gasteiger partial charge is 0.388 e. The van der Waals surface area contributed by atoms with Crippen molar-refractivity contribution in [2.24, 2.45) is 0 Å². The molecule has 1 aliphatic heterocycles. The molecule has 1 N–H and O–H groups in total. The Hall–Kier alpha value is -0.970. The fourth-order valence-electron chi connectivity index (χ4n) is 2.74. The Bertz CT molecular complexity index is 575. The van der Waals surface area contributed by atoms with E-state index in [2.05, 4.69) is 0 Å². The van der Waals surface area contributed by atoms with Crippen molar-refractivity contribution >= 4 is 21.4 Å². The molecule has 1 aromatic carbocycles. The highest BCUT2D eigenvalue weighted by atomic mass is 32.1. The Morgan fingerprint density at radius 3 is 3.10 bits per heavy atom. The lowest BCUT2D eigenvalue weighted by Gasteiger charge is -2.11. The van der Waals surface area contributed by atoms with Gasteiger partial charge < -0.3 is 9.84 Å². The molecule has 0 radical (unpaired) electrons. The second kappa shape index (κ2) is 6.20. The summed E-state index contributed by atoms with van der Waals surface area (Å²) in [6, 6.07) is 6.73. The van der Waals surface area contributed by atoms with Gasteiger partial charge in [0.1, 0.15) is 5.82 Å². The molecule has 1 aliphatic rings. The Morgan fingerprint density at radius 2 is 2.30 bits per heavy atom. The van der Waals surface area contributed by atoms with E-state index in [4.69, 9.17) is 4.74 Å². The normalized spacial score (nSPS) is 20.6. The number of aliphatic hydroxyl groups is 1. The Morgan fingerprint density at radius 1 is 1.40 bits per heavy atom. The molecule has 2 aromatic rings. The highest BCUT2D eigenvalue weighted by Crippen LogP contribution is 2.33. The molecule has 2 heterocycles. The zero-order chi connectivity index (χ0) is 13.9. The molecule has 2 nitrogen and oxygen atoms in total. The maximum absolute atomic E-state index is 13.2. The molecule has 1 saturated heterocycles. The second-order valence-corrected chi connectivity index (χ2v) is 6.53. The summed E-state index contributed by atoms with van der Waals surface area (Å²) in [5.41, 5.74) is 0. The number of benzene rings is 1. The van der Waals surface area contributed by atoms with Crippen molar-refractivity contribution in [2.75, 3.05) is 6.61 Å². The highest BCUT2D eigenvalue weighted by molar-refractivity contribution is 7.19. The summed E-state index contributed by atoms with van der Waals surface area (Å²) >= 11 is 1.48. The molecule has 0 spiro atoms. The molecule has 4 heteroatoms. The van der Waals surface area contributed by atoms with E-state index in [1.807, 2.05) is 6.07 Å². The van der Waals surface area contributed by atoms with Gasteiger partial charge in [0.05, 0.1) is 12.2 Å². The van der Waals surface area contributed by atoms with Gasteiger partial charge >= 0.3 is 0 Å². The summed E-state index contributed by atoms with van der Waals surface area (Å²) in [5, 5.41) is 11.2. The first-order chi connectivity index (χ1) is 9.72. The number of aliphatic hydroxyl groups excluding tert-OH is 1. The van der Waals surface area contributed by atoms with E-state index in [-0.39, 0.29) is 5.82 Å². The SMILES string of the molecule is OC(CCCC1CCCO1)c1cc2ccc(F)cc2s1. The van der Waals surface area contributed by atoms with Crippen molar-refractivity contribution in [3.63, 3.8) is 0 Å². The van der Waals surface area contributed by atoms with Crippen molar-refractivity contribution < 1.29 is 14.2 Å². The van der Waals surface area contributed by atoms with Gasteiger partial charge in [-0.15, -0.1) is 11.3 Å². The van der Waals surface area contributed by atoms with E-state index in [0.717, 1.165) is 53.7 Å². The van der Waals surface area contributed by atoms with Gasteiger partial charge in [0, 0.05) is 16.2 Å². The third-order valence-corrected chi connectivity index (χ3v) is 5.06. The summed E-state index contributed by atoms with van der Waals surface area (Å²) in [7, 11) is 0. The predicted octanol–water partition coefficient (Wildman–Crippen LogP) is 4.42. The minimum atomic E-state index is -0.447. The lowest BCUT2D eigenvalue weighted by Crippen LogP contribution is -2.05. The van der Waals surface area contributed by atoms with Crippen LogP contribution in [0, 0.1) is 5.82 Å². The van der Waals surface area contributed by atoms with Gasteiger partial charge in [-0.3, -0.25) is 0 Å². The fourth-order valence-corrected chi connectivity index (χ4v) is 3.85. The van der Waals surface area contributed by atoms with Crippen molar-refractivity contribution in [1.29, 1.82) is 0 Å². The predicted molar refractivity (Wildman–Crippen MR) is 79.6 cm³/mol. The zero-order valence-electron chi connectivity index (χ0n) is 11.3. The molecule has 20 heavy (non-hydrogen) atoms. The standard InChI is InChI=1S/C16H19FO2S/c17-12-7-6-11-9-16(20-15(11)10-12)14(18)5-1-3-13-4-2-8-19-13/h6-7,9-10,13-14,18H,1-5,8H2. The molecule has 0 aliphatic carbocycles. The zero-order valence-corrected chi connectivity index (χ0v) is 12.2. The molecule has 0 amide bonds. The van der Waals surface area contributed by atoms with Crippen LogP contribution in [-0.4, -0.2) is 17.8 Å². The first-order valence-electron chi connectivity index (χ1n) is 7.21. The third kappa shape index (κ3) is 3.19. The fraction of sp³-hybridized carbons (Fsp3) is 0.500. The maximum Gasteiger partial charge on any atom is 0.124 e. The Kier molecular flexibility index (Phi) is 4.34. The van der Waals surface area contributed by atoms with Crippen molar-refractivity contribution in [2.45, 2.75) is 44.3 Å². The van der Waals surface area contributed by atoms with E-state index in [0.29, 0.717) is 6.10 Å². The van der Waals surface area contributed by atoms with Crippen LogP contribution in [0.15, 0.2) is 24.3 Å². The summed E-state index contributed by atoms with van der Waals surface area (Å²) in [5.74, 6) is -0.223. The van der Waals surface area contributed by atoms with Crippen molar-refractivity contribution in [3.05, 3.63) is 35.0 Å².